The lowest BCUT2D eigenvalue weighted by Crippen LogP contribution is -2.33. The van der Waals surface area contributed by atoms with Crippen molar-refractivity contribution in [3.8, 4) is 5.75 Å². The molecule has 1 aromatic carbocycles. The number of hydrogen-bond donors (Lipinski definition) is 1. The van der Waals surface area contributed by atoms with E-state index < -0.39 is 11.4 Å². The van der Waals surface area contributed by atoms with Gasteiger partial charge in [0.1, 0.15) is 5.75 Å². The van der Waals surface area contributed by atoms with Gasteiger partial charge in [0.15, 0.2) is 0 Å². The number of hydrogen-bond acceptors (Lipinski definition) is 2. The fraction of sp³-hybridized carbons (Fsp3) is 0.533. The second-order valence-corrected chi connectivity index (χ2v) is 4.98. The maximum absolute atomic E-state index is 11.7. The van der Waals surface area contributed by atoms with E-state index in [-0.39, 0.29) is 0 Å². The Labute approximate surface area is 108 Å². The molecule has 1 aliphatic carbocycles. The van der Waals surface area contributed by atoms with E-state index in [9.17, 15) is 9.90 Å². The standard InChI is InChI=1S/C15H20O3/c1-3-11-6-7-13(18-2)12(10-11)15(14(16)17)8-4-5-9-15/h6-7,10H,3-5,8-9H2,1-2H3,(H,16,17). The normalized spacial score (nSPS) is 17.7. The molecule has 0 amide bonds. The Kier molecular flexibility index (Phi) is 3.60. The Bertz CT molecular complexity index is 445. The van der Waals surface area contributed by atoms with Crippen LogP contribution in [0.1, 0.15) is 43.7 Å². The first kappa shape index (κ1) is 12.9. The highest BCUT2D eigenvalue weighted by Gasteiger charge is 2.44. The van der Waals surface area contributed by atoms with Crippen LogP contribution in [-0.2, 0) is 16.6 Å². The molecule has 1 aromatic rings. The van der Waals surface area contributed by atoms with Crippen LogP contribution in [0.2, 0.25) is 0 Å². The van der Waals surface area contributed by atoms with Gasteiger partial charge in [-0.2, -0.15) is 0 Å². The molecular weight excluding hydrogens is 228 g/mol. The zero-order valence-corrected chi connectivity index (χ0v) is 11.0. The lowest BCUT2D eigenvalue weighted by molar-refractivity contribution is -0.143. The van der Waals surface area contributed by atoms with Crippen LogP contribution in [0, 0.1) is 0 Å². The van der Waals surface area contributed by atoms with E-state index in [1.807, 2.05) is 18.2 Å². The van der Waals surface area contributed by atoms with E-state index in [4.69, 9.17) is 4.74 Å². The molecule has 0 atom stereocenters. The van der Waals surface area contributed by atoms with Gasteiger partial charge in [-0.05, 0) is 30.9 Å². The molecule has 18 heavy (non-hydrogen) atoms. The van der Waals surface area contributed by atoms with Crippen LogP contribution in [0.3, 0.4) is 0 Å². The predicted molar refractivity (Wildman–Crippen MR) is 70.2 cm³/mol. The molecule has 3 heteroatoms. The third-order valence-corrected chi connectivity index (χ3v) is 4.05. The lowest BCUT2D eigenvalue weighted by Gasteiger charge is -2.26. The summed E-state index contributed by atoms with van der Waals surface area (Å²) in [5, 5.41) is 9.65. The average molecular weight is 248 g/mol. The van der Waals surface area contributed by atoms with Crippen molar-refractivity contribution < 1.29 is 14.6 Å². The van der Waals surface area contributed by atoms with Gasteiger partial charge in [0, 0.05) is 5.56 Å². The summed E-state index contributed by atoms with van der Waals surface area (Å²) < 4.78 is 5.37. The molecular formula is C15H20O3. The van der Waals surface area contributed by atoms with Crippen molar-refractivity contribution >= 4 is 5.97 Å². The zero-order valence-electron chi connectivity index (χ0n) is 11.0. The van der Waals surface area contributed by atoms with Gasteiger partial charge in [-0.15, -0.1) is 0 Å². The summed E-state index contributed by atoms with van der Waals surface area (Å²) in [4.78, 5) is 11.7. The number of methoxy groups -OCH3 is 1. The topological polar surface area (TPSA) is 46.5 Å². The smallest absolute Gasteiger partial charge is 0.314 e. The molecule has 2 rings (SSSR count). The van der Waals surface area contributed by atoms with E-state index in [0.717, 1.165) is 24.8 Å². The summed E-state index contributed by atoms with van der Waals surface area (Å²) in [5.74, 6) is -0.0111. The number of carboxylic acid groups (broad SMARTS) is 1. The van der Waals surface area contributed by atoms with Crippen molar-refractivity contribution in [2.24, 2.45) is 0 Å². The maximum Gasteiger partial charge on any atom is 0.314 e. The van der Waals surface area contributed by atoms with E-state index in [1.165, 1.54) is 5.56 Å². The second-order valence-electron chi connectivity index (χ2n) is 4.98. The Morgan fingerprint density at radius 2 is 2.06 bits per heavy atom. The minimum Gasteiger partial charge on any atom is -0.496 e. The summed E-state index contributed by atoms with van der Waals surface area (Å²) in [6, 6.07) is 5.92. The largest absolute Gasteiger partial charge is 0.496 e. The van der Waals surface area contributed by atoms with Crippen molar-refractivity contribution in [3.63, 3.8) is 0 Å². The molecule has 3 nitrogen and oxygen atoms in total. The van der Waals surface area contributed by atoms with Crippen LogP contribution in [0.25, 0.3) is 0 Å². The summed E-state index contributed by atoms with van der Waals surface area (Å²) in [6.45, 7) is 2.08. The van der Waals surface area contributed by atoms with Gasteiger partial charge in [0.25, 0.3) is 0 Å². The molecule has 1 aliphatic rings. The first-order chi connectivity index (χ1) is 8.64. The molecule has 98 valence electrons. The third-order valence-electron chi connectivity index (χ3n) is 4.05. The Morgan fingerprint density at radius 3 is 2.56 bits per heavy atom. The molecule has 1 saturated carbocycles. The van der Waals surface area contributed by atoms with Crippen molar-refractivity contribution in [1.29, 1.82) is 0 Å². The van der Waals surface area contributed by atoms with Crippen LogP contribution in [0.15, 0.2) is 18.2 Å². The second kappa shape index (κ2) is 5.01. The quantitative estimate of drug-likeness (QED) is 0.890. The van der Waals surface area contributed by atoms with Gasteiger partial charge in [-0.25, -0.2) is 0 Å². The van der Waals surface area contributed by atoms with Crippen LogP contribution in [0.4, 0.5) is 0 Å². The van der Waals surface area contributed by atoms with Gasteiger partial charge >= 0.3 is 5.97 Å². The first-order valence-electron chi connectivity index (χ1n) is 6.55. The molecule has 0 radical (unpaired) electrons. The highest BCUT2D eigenvalue weighted by Crippen LogP contribution is 2.45. The summed E-state index contributed by atoms with van der Waals surface area (Å²) in [5.41, 5.74) is 1.28. The van der Waals surface area contributed by atoms with Crippen LogP contribution < -0.4 is 4.74 Å². The van der Waals surface area contributed by atoms with Crippen LogP contribution in [0.5, 0.6) is 5.75 Å². The minimum atomic E-state index is -0.740. The Morgan fingerprint density at radius 1 is 1.39 bits per heavy atom. The maximum atomic E-state index is 11.7. The number of carboxylic acids is 1. The van der Waals surface area contributed by atoms with E-state index in [2.05, 4.69) is 6.92 Å². The molecule has 0 bridgehead atoms. The molecule has 0 aromatic heterocycles. The van der Waals surface area contributed by atoms with Crippen LogP contribution >= 0.6 is 0 Å². The van der Waals surface area contributed by atoms with E-state index in [0.29, 0.717) is 18.6 Å². The highest BCUT2D eigenvalue weighted by molar-refractivity contribution is 5.83. The molecule has 0 heterocycles. The fourth-order valence-electron chi connectivity index (χ4n) is 2.93. The first-order valence-corrected chi connectivity index (χ1v) is 6.55. The molecule has 1 N–H and O–H groups in total. The van der Waals surface area contributed by atoms with Crippen molar-refractivity contribution in [1.82, 2.24) is 0 Å². The fourth-order valence-corrected chi connectivity index (χ4v) is 2.93. The SMILES string of the molecule is CCc1ccc(OC)c(C2(C(=O)O)CCCC2)c1. The van der Waals surface area contributed by atoms with Gasteiger partial charge in [-0.3, -0.25) is 4.79 Å². The highest BCUT2D eigenvalue weighted by atomic mass is 16.5. The monoisotopic (exact) mass is 248 g/mol. The molecule has 0 unspecified atom stereocenters. The average Bonchev–Trinajstić information content (AvgIpc) is 2.88. The summed E-state index contributed by atoms with van der Waals surface area (Å²) in [7, 11) is 1.61. The summed E-state index contributed by atoms with van der Waals surface area (Å²) >= 11 is 0. The number of ether oxygens (including phenoxy) is 1. The molecule has 1 fully saturated rings. The number of aryl methyl sites for hydroxylation is 1. The minimum absolute atomic E-state index is 0.705. The lowest BCUT2D eigenvalue weighted by atomic mass is 9.77. The van der Waals surface area contributed by atoms with Crippen molar-refractivity contribution in [2.75, 3.05) is 7.11 Å². The van der Waals surface area contributed by atoms with E-state index >= 15 is 0 Å². The van der Waals surface area contributed by atoms with Crippen LogP contribution in [-0.4, -0.2) is 18.2 Å². The van der Waals surface area contributed by atoms with Gasteiger partial charge in [-0.1, -0.05) is 31.9 Å². The third kappa shape index (κ3) is 1.98. The molecule has 0 aliphatic heterocycles. The van der Waals surface area contributed by atoms with Gasteiger partial charge in [0.2, 0.25) is 0 Å². The number of carbonyl (C=O) groups is 1. The van der Waals surface area contributed by atoms with E-state index in [1.54, 1.807) is 7.11 Å². The van der Waals surface area contributed by atoms with Gasteiger partial charge < -0.3 is 9.84 Å². The van der Waals surface area contributed by atoms with Gasteiger partial charge in [0.05, 0.1) is 12.5 Å². The number of aliphatic carboxylic acids is 1. The summed E-state index contributed by atoms with van der Waals surface area (Å²) in [6.07, 6.45) is 4.29. The van der Waals surface area contributed by atoms with Crippen molar-refractivity contribution in [2.45, 2.75) is 44.4 Å². The van der Waals surface area contributed by atoms with Crippen molar-refractivity contribution in [3.05, 3.63) is 29.3 Å². The molecule has 0 spiro atoms. The predicted octanol–water partition coefficient (Wildman–Crippen LogP) is 3.15. The molecule has 0 saturated heterocycles. The number of benzene rings is 1. The zero-order chi connectivity index (χ0) is 13.2. The Hall–Kier alpha value is -1.51. The number of rotatable bonds is 4. The Balaban J connectivity index is 2.55.